The Morgan fingerprint density at radius 1 is 1.58 bits per heavy atom. The minimum absolute atomic E-state index is 0.624. The molecule has 0 aromatic heterocycles. The molecule has 6 nitrogen and oxygen atoms in total. The van der Waals surface area contributed by atoms with Gasteiger partial charge in [0, 0.05) is 6.92 Å². The molecule has 0 bridgehead atoms. The largest absolute Gasteiger partial charge is 0.480 e. The number of hydrogen-bond donors (Lipinski definition) is 2. The summed E-state index contributed by atoms with van der Waals surface area (Å²) < 4.78 is 11.0. The number of aliphatic hydroxyl groups is 1. The van der Waals surface area contributed by atoms with Gasteiger partial charge < -0.3 is 14.8 Å². The van der Waals surface area contributed by atoms with Crippen molar-refractivity contribution >= 4 is 20.5 Å². The zero-order valence-corrected chi connectivity index (χ0v) is 7.58. The maximum Gasteiger partial charge on any atom is 0.329 e. The van der Waals surface area contributed by atoms with Crippen molar-refractivity contribution in [2.75, 3.05) is 6.61 Å². The Morgan fingerprint density at radius 3 is 2.17 bits per heavy atom. The highest BCUT2D eigenvalue weighted by molar-refractivity contribution is 7.22. The van der Waals surface area contributed by atoms with Gasteiger partial charge in [0.25, 0.3) is 0 Å². The van der Waals surface area contributed by atoms with Gasteiger partial charge in [-0.3, -0.25) is 9.46 Å². The molecule has 2 atom stereocenters. The highest BCUT2D eigenvalue weighted by Gasteiger charge is 2.25. The number of aliphatic hydroxyl groups excluding tert-OH is 1. The van der Waals surface area contributed by atoms with Gasteiger partial charge in [-0.2, -0.15) is 0 Å². The van der Waals surface area contributed by atoms with Crippen LogP contribution >= 0.6 is 8.61 Å². The number of carbonyl (C=O) groups is 2. The lowest BCUT2D eigenvalue weighted by molar-refractivity contribution is -0.146. The molecule has 0 rings (SSSR count). The van der Waals surface area contributed by atoms with E-state index in [9.17, 15) is 14.2 Å². The van der Waals surface area contributed by atoms with E-state index >= 15 is 0 Å². The van der Waals surface area contributed by atoms with E-state index in [1.165, 1.54) is 0 Å². The molecule has 0 aliphatic heterocycles. The van der Waals surface area contributed by atoms with Gasteiger partial charge in [-0.05, 0) is 0 Å². The maximum absolute atomic E-state index is 10.7. The van der Waals surface area contributed by atoms with E-state index in [0.29, 0.717) is 4.67 Å². The second-order valence-electron chi connectivity index (χ2n) is 2.07. The van der Waals surface area contributed by atoms with Crippen LogP contribution in [0.1, 0.15) is 6.92 Å². The lowest BCUT2D eigenvalue weighted by Crippen LogP contribution is -2.40. The van der Waals surface area contributed by atoms with Gasteiger partial charge in [-0.1, -0.05) is 0 Å². The smallest absolute Gasteiger partial charge is 0.329 e. The predicted molar refractivity (Wildman–Crippen MR) is 41.4 cm³/mol. The number of amides is 1. The first-order chi connectivity index (χ1) is 5.54. The lowest BCUT2D eigenvalue weighted by atomic mass is 10.3. The second-order valence-corrected chi connectivity index (χ2v) is 2.84. The summed E-state index contributed by atoms with van der Waals surface area (Å²) in [5.74, 6) is -1.99. The van der Waals surface area contributed by atoms with Crippen molar-refractivity contribution in [2.45, 2.75) is 13.0 Å². The second kappa shape index (κ2) is 4.90. The van der Waals surface area contributed by atoms with E-state index in [1.54, 1.807) is 0 Å². The first-order valence-corrected chi connectivity index (χ1v) is 4.11. The van der Waals surface area contributed by atoms with Crippen molar-refractivity contribution in [3.63, 3.8) is 0 Å². The normalized spacial score (nSPS) is 13.2. The number of rotatable bonds is 4. The predicted octanol–water partition coefficient (Wildman–Crippen LogP) is -1.05. The molecular weight excluding hydrogens is 185 g/mol. The fourth-order valence-corrected chi connectivity index (χ4v) is 1.17. The van der Waals surface area contributed by atoms with E-state index < -0.39 is 33.1 Å². The Hall–Kier alpha value is -0.870. The molecule has 0 saturated carbocycles. The monoisotopic (exact) mass is 195 g/mol. The standard InChI is InChI=1S/C5H10NO5P/c1-3(8)6(12-11)4(2-7)5(9)10/h4,7H,2,12H2,1H3,(H,9,10). The molecule has 0 saturated heterocycles. The molecular formula is C5H10NO5P. The molecule has 0 aromatic carbocycles. The highest BCUT2D eigenvalue weighted by Crippen LogP contribution is 2.11. The van der Waals surface area contributed by atoms with E-state index in [4.69, 9.17) is 10.2 Å². The fraction of sp³-hybridized carbons (Fsp3) is 0.600. The Kier molecular flexibility index (Phi) is 4.54. The molecule has 2 unspecified atom stereocenters. The summed E-state index contributed by atoms with van der Waals surface area (Å²) in [4.78, 5) is 21.0. The van der Waals surface area contributed by atoms with E-state index in [2.05, 4.69) is 0 Å². The van der Waals surface area contributed by atoms with Gasteiger partial charge in [0.1, 0.15) is 0 Å². The third kappa shape index (κ3) is 2.64. The summed E-state index contributed by atoms with van der Waals surface area (Å²) >= 11 is 0. The number of nitrogens with zero attached hydrogens (tertiary/aromatic N) is 1. The first-order valence-electron chi connectivity index (χ1n) is 3.12. The maximum atomic E-state index is 10.7. The molecule has 12 heavy (non-hydrogen) atoms. The van der Waals surface area contributed by atoms with Crippen molar-refractivity contribution in [2.24, 2.45) is 0 Å². The molecule has 0 aliphatic carbocycles. The third-order valence-electron chi connectivity index (χ3n) is 1.27. The zero-order valence-electron chi connectivity index (χ0n) is 6.43. The summed E-state index contributed by atoms with van der Waals surface area (Å²) in [5.41, 5.74) is 0. The van der Waals surface area contributed by atoms with Crippen LogP contribution in [0.4, 0.5) is 0 Å². The molecule has 0 fully saturated rings. The molecule has 7 heteroatoms. The molecule has 0 heterocycles. The summed E-state index contributed by atoms with van der Waals surface area (Å²) in [6.07, 6.45) is 0. The molecule has 70 valence electrons. The summed E-state index contributed by atoms with van der Waals surface area (Å²) in [7, 11) is -1.66. The fourth-order valence-electron chi connectivity index (χ4n) is 0.652. The molecule has 2 N–H and O–H groups in total. The Morgan fingerprint density at radius 2 is 2.08 bits per heavy atom. The summed E-state index contributed by atoms with van der Waals surface area (Å²) in [5, 5.41) is 17.0. The average molecular weight is 195 g/mol. The van der Waals surface area contributed by atoms with Crippen molar-refractivity contribution in [3.05, 3.63) is 0 Å². The molecule has 0 aliphatic rings. The Balaban J connectivity index is 4.55. The Labute approximate surface area is 70.0 Å². The third-order valence-corrected chi connectivity index (χ3v) is 2.22. The van der Waals surface area contributed by atoms with Crippen LogP contribution in [0.25, 0.3) is 0 Å². The van der Waals surface area contributed by atoms with E-state index in [0.717, 1.165) is 6.92 Å². The minimum atomic E-state index is -1.66. The minimum Gasteiger partial charge on any atom is -0.480 e. The van der Waals surface area contributed by atoms with E-state index in [1.807, 2.05) is 0 Å². The SMILES string of the molecule is CC(=O)N([PH2]=O)C(CO)C(=O)O. The summed E-state index contributed by atoms with van der Waals surface area (Å²) in [6, 6.07) is -1.39. The topological polar surface area (TPSA) is 94.9 Å². The van der Waals surface area contributed by atoms with Gasteiger partial charge in [-0.25, -0.2) is 4.79 Å². The van der Waals surface area contributed by atoms with Gasteiger partial charge >= 0.3 is 5.97 Å². The van der Waals surface area contributed by atoms with E-state index in [-0.39, 0.29) is 0 Å². The van der Waals surface area contributed by atoms with Gasteiger partial charge in [0.2, 0.25) is 5.91 Å². The van der Waals surface area contributed by atoms with Crippen LogP contribution in [0.3, 0.4) is 0 Å². The van der Waals surface area contributed by atoms with Gasteiger partial charge in [0.15, 0.2) is 14.7 Å². The van der Waals surface area contributed by atoms with Crippen molar-refractivity contribution in [1.82, 2.24) is 4.67 Å². The number of hydrogen-bond acceptors (Lipinski definition) is 4. The number of aliphatic carboxylic acids is 1. The van der Waals surface area contributed by atoms with Crippen LogP contribution in [0.5, 0.6) is 0 Å². The quantitative estimate of drug-likeness (QED) is 0.558. The molecule has 1 amide bonds. The zero-order chi connectivity index (χ0) is 9.72. The number of carboxylic acids is 1. The number of carboxylic acid groups (broad SMARTS) is 1. The van der Waals surface area contributed by atoms with Crippen LogP contribution in [-0.4, -0.2) is 39.4 Å². The van der Waals surface area contributed by atoms with Crippen molar-refractivity contribution < 1.29 is 24.4 Å². The van der Waals surface area contributed by atoms with Crippen LogP contribution < -0.4 is 0 Å². The van der Waals surface area contributed by atoms with Crippen LogP contribution in [-0.2, 0) is 14.2 Å². The highest BCUT2D eigenvalue weighted by atomic mass is 31.1. The van der Waals surface area contributed by atoms with Crippen LogP contribution in [0.2, 0.25) is 0 Å². The van der Waals surface area contributed by atoms with Crippen LogP contribution in [0.15, 0.2) is 0 Å². The molecule has 0 radical (unpaired) electrons. The average Bonchev–Trinajstić information content (AvgIpc) is 1.98. The number of carbonyl (C=O) groups excluding carboxylic acids is 1. The molecule has 0 spiro atoms. The van der Waals surface area contributed by atoms with Crippen molar-refractivity contribution in [1.29, 1.82) is 0 Å². The van der Waals surface area contributed by atoms with Gasteiger partial charge in [-0.15, -0.1) is 0 Å². The molecule has 0 aromatic rings. The van der Waals surface area contributed by atoms with Gasteiger partial charge in [0.05, 0.1) is 6.61 Å². The summed E-state index contributed by atoms with van der Waals surface area (Å²) in [6.45, 7) is 0.362. The Bertz CT molecular complexity index is 206. The van der Waals surface area contributed by atoms with Crippen molar-refractivity contribution in [3.8, 4) is 0 Å². The first kappa shape index (κ1) is 11.1. The lowest BCUT2D eigenvalue weighted by Gasteiger charge is -2.19. The van der Waals surface area contributed by atoms with Crippen LogP contribution in [0, 0.1) is 0 Å².